The molecular formula is C19H24N2O2. The maximum atomic E-state index is 12.7. The standard InChI is InChI=1S/C19H24N2O2/c1-2-12-21-17(18(22)20-15-9-4-3-5-10-15)13-14-8-6-7-11-16(14)19(21)23/h6-8,11,13,15H,2-5,9-10,12H2,1H3,(H,20,22). The minimum absolute atomic E-state index is 0.0706. The number of nitrogens with one attached hydrogen (secondary N) is 1. The molecule has 0 saturated heterocycles. The molecule has 0 aliphatic heterocycles. The van der Waals surface area contributed by atoms with Crippen LogP contribution in [0.3, 0.4) is 0 Å². The molecule has 4 heteroatoms. The van der Waals surface area contributed by atoms with E-state index in [1.165, 1.54) is 19.3 Å². The summed E-state index contributed by atoms with van der Waals surface area (Å²) in [7, 11) is 0. The van der Waals surface area contributed by atoms with E-state index in [4.69, 9.17) is 0 Å². The van der Waals surface area contributed by atoms with Gasteiger partial charge in [-0.2, -0.15) is 0 Å². The van der Waals surface area contributed by atoms with Gasteiger partial charge in [0.25, 0.3) is 11.5 Å². The Kier molecular flexibility index (Phi) is 4.79. The van der Waals surface area contributed by atoms with E-state index >= 15 is 0 Å². The Morgan fingerprint density at radius 3 is 2.70 bits per heavy atom. The second-order valence-corrected chi connectivity index (χ2v) is 6.38. The lowest BCUT2D eigenvalue weighted by molar-refractivity contribution is 0.0917. The van der Waals surface area contributed by atoms with Crippen molar-refractivity contribution in [2.45, 2.75) is 58.0 Å². The second kappa shape index (κ2) is 6.99. The van der Waals surface area contributed by atoms with E-state index in [1.807, 2.05) is 37.3 Å². The number of hydrogen-bond acceptors (Lipinski definition) is 2. The summed E-state index contributed by atoms with van der Waals surface area (Å²) < 4.78 is 1.63. The highest BCUT2D eigenvalue weighted by molar-refractivity contribution is 5.96. The van der Waals surface area contributed by atoms with E-state index in [9.17, 15) is 9.59 Å². The van der Waals surface area contributed by atoms with Gasteiger partial charge in [0.1, 0.15) is 5.69 Å². The monoisotopic (exact) mass is 312 g/mol. The minimum Gasteiger partial charge on any atom is -0.348 e. The van der Waals surface area contributed by atoms with Crippen molar-refractivity contribution in [1.29, 1.82) is 0 Å². The van der Waals surface area contributed by atoms with Crippen LogP contribution in [0.15, 0.2) is 35.1 Å². The van der Waals surface area contributed by atoms with E-state index in [0.717, 1.165) is 24.6 Å². The van der Waals surface area contributed by atoms with Gasteiger partial charge in [-0.3, -0.25) is 9.59 Å². The molecule has 1 N–H and O–H groups in total. The van der Waals surface area contributed by atoms with Gasteiger partial charge in [0, 0.05) is 18.0 Å². The van der Waals surface area contributed by atoms with E-state index in [0.29, 0.717) is 17.6 Å². The summed E-state index contributed by atoms with van der Waals surface area (Å²) in [5.74, 6) is -0.117. The lowest BCUT2D eigenvalue weighted by Gasteiger charge is -2.23. The molecule has 3 rings (SSSR count). The van der Waals surface area contributed by atoms with Gasteiger partial charge in [-0.15, -0.1) is 0 Å². The molecule has 0 bridgehead atoms. The average molecular weight is 312 g/mol. The van der Waals surface area contributed by atoms with Crippen LogP contribution in [0.1, 0.15) is 55.9 Å². The summed E-state index contributed by atoms with van der Waals surface area (Å²) in [4.78, 5) is 25.5. The molecular weight excluding hydrogens is 288 g/mol. The van der Waals surface area contributed by atoms with Crippen molar-refractivity contribution >= 4 is 16.7 Å². The number of fused-ring (bicyclic) bond motifs is 1. The molecule has 0 spiro atoms. The van der Waals surface area contributed by atoms with Crippen molar-refractivity contribution in [3.63, 3.8) is 0 Å². The molecule has 23 heavy (non-hydrogen) atoms. The van der Waals surface area contributed by atoms with Crippen LogP contribution in [-0.4, -0.2) is 16.5 Å². The van der Waals surface area contributed by atoms with E-state index in [1.54, 1.807) is 4.57 Å². The first kappa shape index (κ1) is 15.8. The van der Waals surface area contributed by atoms with E-state index in [-0.39, 0.29) is 17.5 Å². The summed E-state index contributed by atoms with van der Waals surface area (Å²) in [6, 6.07) is 9.57. The Bertz CT molecular complexity index is 758. The van der Waals surface area contributed by atoms with Crippen molar-refractivity contribution in [2.75, 3.05) is 0 Å². The first-order valence-corrected chi connectivity index (χ1v) is 8.64. The van der Waals surface area contributed by atoms with Crippen LogP contribution >= 0.6 is 0 Å². The molecule has 1 amide bonds. The fraction of sp³-hybridized carbons (Fsp3) is 0.474. The zero-order valence-corrected chi connectivity index (χ0v) is 13.7. The molecule has 0 atom stereocenters. The lowest BCUT2D eigenvalue weighted by atomic mass is 9.95. The zero-order chi connectivity index (χ0) is 16.2. The Morgan fingerprint density at radius 2 is 1.96 bits per heavy atom. The Labute approximate surface area is 136 Å². The number of carbonyl (C=O) groups is 1. The number of amides is 1. The SMILES string of the molecule is CCCn1c(C(=O)NC2CCCCC2)cc2ccccc2c1=O. The average Bonchev–Trinajstić information content (AvgIpc) is 2.58. The highest BCUT2D eigenvalue weighted by Gasteiger charge is 2.20. The predicted molar refractivity (Wildman–Crippen MR) is 92.8 cm³/mol. The Morgan fingerprint density at radius 1 is 1.22 bits per heavy atom. The van der Waals surface area contributed by atoms with Gasteiger partial charge in [-0.05, 0) is 36.8 Å². The van der Waals surface area contributed by atoms with Crippen molar-refractivity contribution < 1.29 is 4.79 Å². The summed E-state index contributed by atoms with van der Waals surface area (Å²) in [6.07, 6.45) is 6.49. The van der Waals surface area contributed by atoms with Gasteiger partial charge < -0.3 is 9.88 Å². The topological polar surface area (TPSA) is 51.1 Å². The van der Waals surface area contributed by atoms with Crippen molar-refractivity contribution in [3.05, 3.63) is 46.4 Å². The van der Waals surface area contributed by atoms with Gasteiger partial charge >= 0.3 is 0 Å². The molecule has 122 valence electrons. The largest absolute Gasteiger partial charge is 0.348 e. The third-order valence-electron chi connectivity index (χ3n) is 4.64. The number of benzene rings is 1. The first-order chi connectivity index (χ1) is 11.2. The van der Waals surface area contributed by atoms with E-state index in [2.05, 4.69) is 5.32 Å². The Balaban J connectivity index is 1.98. The van der Waals surface area contributed by atoms with Crippen LogP contribution in [0.25, 0.3) is 10.8 Å². The third kappa shape index (κ3) is 3.31. The quantitative estimate of drug-likeness (QED) is 0.939. The summed E-state index contributed by atoms with van der Waals surface area (Å²) in [5.41, 5.74) is 0.417. The molecule has 1 saturated carbocycles. The predicted octanol–water partition coefficient (Wildman–Crippen LogP) is 3.47. The summed E-state index contributed by atoms with van der Waals surface area (Å²) in [6.45, 7) is 2.58. The maximum Gasteiger partial charge on any atom is 0.268 e. The number of aromatic nitrogens is 1. The van der Waals surface area contributed by atoms with Crippen LogP contribution in [0, 0.1) is 0 Å². The van der Waals surface area contributed by atoms with E-state index < -0.39 is 0 Å². The van der Waals surface area contributed by atoms with Gasteiger partial charge in [0.05, 0.1) is 0 Å². The third-order valence-corrected chi connectivity index (χ3v) is 4.64. The molecule has 1 fully saturated rings. The zero-order valence-electron chi connectivity index (χ0n) is 13.7. The molecule has 1 heterocycles. The number of carbonyl (C=O) groups excluding carboxylic acids is 1. The summed E-state index contributed by atoms with van der Waals surface area (Å²) in [5, 5.41) is 4.64. The maximum absolute atomic E-state index is 12.7. The number of pyridine rings is 1. The fourth-order valence-corrected chi connectivity index (χ4v) is 3.44. The first-order valence-electron chi connectivity index (χ1n) is 8.64. The van der Waals surface area contributed by atoms with Gasteiger partial charge in [-0.25, -0.2) is 0 Å². The molecule has 1 aliphatic carbocycles. The normalized spacial score (nSPS) is 15.7. The van der Waals surface area contributed by atoms with Crippen molar-refractivity contribution in [3.8, 4) is 0 Å². The summed E-state index contributed by atoms with van der Waals surface area (Å²) >= 11 is 0. The minimum atomic E-state index is -0.117. The lowest BCUT2D eigenvalue weighted by Crippen LogP contribution is -2.39. The van der Waals surface area contributed by atoms with Crippen LogP contribution < -0.4 is 10.9 Å². The molecule has 1 aromatic heterocycles. The second-order valence-electron chi connectivity index (χ2n) is 6.38. The highest BCUT2D eigenvalue weighted by atomic mass is 16.2. The number of nitrogens with zero attached hydrogens (tertiary/aromatic N) is 1. The van der Waals surface area contributed by atoms with Gasteiger partial charge in [0.2, 0.25) is 0 Å². The van der Waals surface area contributed by atoms with Crippen molar-refractivity contribution in [1.82, 2.24) is 9.88 Å². The van der Waals surface area contributed by atoms with Crippen molar-refractivity contribution in [2.24, 2.45) is 0 Å². The highest BCUT2D eigenvalue weighted by Crippen LogP contribution is 2.18. The fourth-order valence-electron chi connectivity index (χ4n) is 3.44. The molecule has 0 radical (unpaired) electrons. The van der Waals surface area contributed by atoms with Gasteiger partial charge in [0.15, 0.2) is 0 Å². The Hall–Kier alpha value is -2.10. The van der Waals surface area contributed by atoms with Crippen LogP contribution in [0.2, 0.25) is 0 Å². The molecule has 4 nitrogen and oxygen atoms in total. The van der Waals surface area contributed by atoms with Crippen LogP contribution in [0.5, 0.6) is 0 Å². The molecule has 0 unspecified atom stereocenters. The number of rotatable bonds is 4. The smallest absolute Gasteiger partial charge is 0.268 e. The number of hydrogen-bond donors (Lipinski definition) is 1. The van der Waals surface area contributed by atoms with Crippen LogP contribution in [0.4, 0.5) is 0 Å². The van der Waals surface area contributed by atoms with Gasteiger partial charge in [-0.1, -0.05) is 44.4 Å². The molecule has 1 aromatic carbocycles. The van der Waals surface area contributed by atoms with Crippen LogP contribution in [-0.2, 0) is 6.54 Å². The molecule has 2 aromatic rings. The molecule has 1 aliphatic rings.